The van der Waals surface area contributed by atoms with E-state index >= 15 is 0 Å². The second kappa shape index (κ2) is 8.83. The highest BCUT2D eigenvalue weighted by molar-refractivity contribution is 6.31. The monoisotopic (exact) mass is 426 g/mol. The van der Waals surface area contributed by atoms with Gasteiger partial charge in [0.25, 0.3) is 0 Å². The highest BCUT2D eigenvalue weighted by Crippen LogP contribution is 2.23. The molecule has 31 heavy (non-hydrogen) atoms. The third-order valence-electron chi connectivity index (χ3n) is 5.56. The fourth-order valence-corrected chi connectivity index (χ4v) is 4.19. The molecule has 0 fully saturated rings. The van der Waals surface area contributed by atoms with Crippen LogP contribution in [0.25, 0.3) is 21.8 Å². The molecule has 0 saturated heterocycles. The number of nitrogens with zero attached hydrogens (tertiary/aromatic N) is 2. The van der Waals surface area contributed by atoms with Crippen LogP contribution in [0.2, 0.25) is 5.02 Å². The quantitative estimate of drug-likeness (QED) is 0.264. The van der Waals surface area contributed by atoms with E-state index in [1.807, 2.05) is 30.3 Å². The summed E-state index contributed by atoms with van der Waals surface area (Å²) in [5.74, 6) is 1.94. The van der Waals surface area contributed by atoms with Crippen molar-refractivity contribution in [3.8, 4) is 5.75 Å². The topological polar surface area (TPSA) is 27.1 Å². The van der Waals surface area contributed by atoms with Gasteiger partial charge in [0.2, 0.25) is 0 Å². The van der Waals surface area contributed by atoms with E-state index in [9.17, 15) is 0 Å². The molecule has 5 rings (SSSR count). The average Bonchev–Trinajstić information content (AvgIpc) is 3.15. The standard InChI is InChI=1S/C27H23ClN2O/c28-24-11-4-3-10-22(24)19-27-29-25-12-5-6-13-26(25)30(27)16-7-17-31-23-15-14-20-8-1-2-9-21(20)18-23/h1-6,8-15,18H,7,16-17,19H2. The van der Waals surface area contributed by atoms with Crippen LogP contribution in [0.3, 0.4) is 0 Å². The molecule has 0 radical (unpaired) electrons. The fraction of sp³-hybridized carbons (Fsp3) is 0.148. The van der Waals surface area contributed by atoms with E-state index < -0.39 is 0 Å². The SMILES string of the molecule is Clc1ccccc1Cc1nc2ccccc2n1CCCOc1ccc2ccccc2c1. The first-order chi connectivity index (χ1) is 15.3. The predicted molar refractivity (Wildman–Crippen MR) is 128 cm³/mol. The summed E-state index contributed by atoms with van der Waals surface area (Å²) >= 11 is 6.40. The Labute approximate surface area is 186 Å². The molecule has 0 unspecified atom stereocenters. The van der Waals surface area contributed by atoms with E-state index in [2.05, 4.69) is 65.2 Å². The van der Waals surface area contributed by atoms with Crippen LogP contribution in [-0.4, -0.2) is 16.2 Å². The summed E-state index contributed by atoms with van der Waals surface area (Å²) < 4.78 is 8.34. The molecule has 4 aromatic carbocycles. The van der Waals surface area contributed by atoms with Crippen molar-refractivity contribution in [1.29, 1.82) is 0 Å². The molecule has 0 atom stereocenters. The highest BCUT2D eigenvalue weighted by Gasteiger charge is 2.12. The van der Waals surface area contributed by atoms with E-state index in [1.165, 1.54) is 10.8 Å². The van der Waals surface area contributed by atoms with Crippen LogP contribution in [0.1, 0.15) is 17.8 Å². The minimum absolute atomic E-state index is 0.649. The van der Waals surface area contributed by atoms with Crippen LogP contribution in [0.15, 0.2) is 91.0 Å². The third kappa shape index (κ3) is 4.28. The van der Waals surface area contributed by atoms with Crippen LogP contribution in [0.5, 0.6) is 5.75 Å². The summed E-state index contributed by atoms with van der Waals surface area (Å²) in [5, 5.41) is 3.20. The molecule has 5 aromatic rings. The summed E-state index contributed by atoms with van der Waals surface area (Å²) in [6.45, 7) is 1.49. The lowest BCUT2D eigenvalue weighted by Gasteiger charge is -2.11. The Morgan fingerprint density at radius 3 is 2.48 bits per heavy atom. The zero-order valence-corrected chi connectivity index (χ0v) is 17.9. The first-order valence-corrected chi connectivity index (χ1v) is 10.9. The maximum absolute atomic E-state index is 6.40. The van der Waals surface area contributed by atoms with Crippen molar-refractivity contribution in [2.24, 2.45) is 0 Å². The van der Waals surface area contributed by atoms with Crippen molar-refractivity contribution in [3.63, 3.8) is 0 Å². The van der Waals surface area contributed by atoms with Crippen LogP contribution in [0, 0.1) is 0 Å². The van der Waals surface area contributed by atoms with Gasteiger partial charge in [-0.15, -0.1) is 0 Å². The molecule has 1 aromatic heterocycles. The molecule has 0 aliphatic heterocycles. The number of imidazole rings is 1. The fourth-order valence-electron chi connectivity index (χ4n) is 3.99. The number of para-hydroxylation sites is 2. The molecular weight excluding hydrogens is 404 g/mol. The molecule has 0 aliphatic carbocycles. The van der Waals surface area contributed by atoms with Gasteiger partial charge < -0.3 is 9.30 Å². The van der Waals surface area contributed by atoms with Gasteiger partial charge in [-0.2, -0.15) is 0 Å². The maximum atomic E-state index is 6.40. The summed E-state index contributed by atoms with van der Waals surface area (Å²) in [4.78, 5) is 4.88. The van der Waals surface area contributed by atoms with Gasteiger partial charge in [0, 0.05) is 18.0 Å². The van der Waals surface area contributed by atoms with E-state index in [0.29, 0.717) is 13.0 Å². The number of ether oxygens (including phenoxy) is 1. The first kappa shape index (κ1) is 19.7. The zero-order chi connectivity index (χ0) is 21.0. The Morgan fingerprint density at radius 2 is 1.58 bits per heavy atom. The largest absolute Gasteiger partial charge is 0.494 e. The second-order valence-corrected chi connectivity index (χ2v) is 8.05. The highest BCUT2D eigenvalue weighted by atomic mass is 35.5. The lowest BCUT2D eigenvalue weighted by Crippen LogP contribution is -2.08. The van der Waals surface area contributed by atoms with Gasteiger partial charge in [-0.1, -0.05) is 72.3 Å². The number of aromatic nitrogens is 2. The molecule has 0 spiro atoms. The molecule has 0 saturated carbocycles. The van der Waals surface area contributed by atoms with E-state index in [-0.39, 0.29) is 0 Å². The van der Waals surface area contributed by atoms with Gasteiger partial charge in [0.1, 0.15) is 11.6 Å². The van der Waals surface area contributed by atoms with Crippen LogP contribution >= 0.6 is 11.6 Å². The molecule has 1 heterocycles. The lowest BCUT2D eigenvalue weighted by molar-refractivity contribution is 0.302. The van der Waals surface area contributed by atoms with E-state index in [4.69, 9.17) is 21.3 Å². The van der Waals surface area contributed by atoms with Crippen LogP contribution in [-0.2, 0) is 13.0 Å². The Balaban J connectivity index is 1.31. The van der Waals surface area contributed by atoms with Gasteiger partial charge >= 0.3 is 0 Å². The number of fused-ring (bicyclic) bond motifs is 2. The van der Waals surface area contributed by atoms with Gasteiger partial charge in [-0.05, 0) is 53.1 Å². The van der Waals surface area contributed by atoms with Crippen molar-refractivity contribution in [1.82, 2.24) is 9.55 Å². The van der Waals surface area contributed by atoms with E-state index in [0.717, 1.165) is 46.2 Å². The van der Waals surface area contributed by atoms with Gasteiger partial charge in [0.15, 0.2) is 0 Å². The predicted octanol–water partition coefficient (Wildman–Crippen LogP) is 6.90. The number of rotatable bonds is 7. The number of aryl methyl sites for hydroxylation is 1. The number of halogens is 1. The maximum Gasteiger partial charge on any atom is 0.119 e. The first-order valence-electron chi connectivity index (χ1n) is 10.6. The minimum atomic E-state index is 0.649. The molecule has 0 bridgehead atoms. The van der Waals surface area contributed by atoms with Crippen molar-refractivity contribution in [3.05, 3.63) is 107 Å². The Bertz CT molecular complexity index is 1340. The van der Waals surface area contributed by atoms with Crippen molar-refractivity contribution < 1.29 is 4.74 Å². The second-order valence-electron chi connectivity index (χ2n) is 7.65. The number of hydrogen-bond donors (Lipinski definition) is 0. The van der Waals surface area contributed by atoms with Crippen LogP contribution < -0.4 is 4.74 Å². The number of benzene rings is 4. The third-order valence-corrected chi connectivity index (χ3v) is 5.92. The van der Waals surface area contributed by atoms with Crippen LogP contribution in [0.4, 0.5) is 0 Å². The van der Waals surface area contributed by atoms with Crippen molar-refractivity contribution in [2.75, 3.05) is 6.61 Å². The van der Waals surface area contributed by atoms with Crippen molar-refractivity contribution in [2.45, 2.75) is 19.4 Å². The molecule has 0 amide bonds. The summed E-state index contributed by atoms with van der Waals surface area (Å²) in [5.41, 5.74) is 3.25. The van der Waals surface area contributed by atoms with Crippen molar-refractivity contribution >= 4 is 33.4 Å². The average molecular weight is 427 g/mol. The molecule has 154 valence electrons. The van der Waals surface area contributed by atoms with E-state index in [1.54, 1.807) is 0 Å². The Kier molecular flexibility index (Phi) is 5.59. The summed E-state index contributed by atoms with van der Waals surface area (Å²) in [7, 11) is 0. The molecular formula is C27H23ClN2O. The zero-order valence-electron chi connectivity index (χ0n) is 17.2. The summed E-state index contributed by atoms with van der Waals surface area (Å²) in [6.07, 6.45) is 1.60. The van der Waals surface area contributed by atoms with Gasteiger partial charge in [0.05, 0.1) is 17.6 Å². The normalized spacial score (nSPS) is 11.3. The van der Waals surface area contributed by atoms with Gasteiger partial charge in [-0.25, -0.2) is 4.98 Å². The molecule has 3 nitrogen and oxygen atoms in total. The Hall–Kier alpha value is -3.30. The molecule has 0 aliphatic rings. The molecule has 4 heteroatoms. The smallest absolute Gasteiger partial charge is 0.119 e. The van der Waals surface area contributed by atoms with Gasteiger partial charge in [-0.3, -0.25) is 0 Å². The minimum Gasteiger partial charge on any atom is -0.494 e. The lowest BCUT2D eigenvalue weighted by atomic mass is 10.1. The number of hydrogen-bond acceptors (Lipinski definition) is 2. The Morgan fingerprint density at radius 1 is 0.806 bits per heavy atom. The summed E-state index contributed by atoms with van der Waals surface area (Å²) in [6, 6.07) is 30.8. The molecule has 0 N–H and O–H groups in total.